The van der Waals surface area contributed by atoms with Gasteiger partial charge in [0.25, 0.3) is 11.8 Å². The lowest BCUT2D eigenvalue weighted by Crippen LogP contribution is -2.50. The Bertz CT molecular complexity index is 865. The fourth-order valence-corrected chi connectivity index (χ4v) is 3.35. The van der Waals surface area contributed by atoms with Gasteiger partial charge in [-0.05, 0) is 5.04 Å². The highest BCUT2D eigenvalue weighted by Crippen LogP contribution is 2.36. The molecule has 0 aliphatic carbocycles. The predicted octanol–water partition coefficient (Wildman–Crippen LogP) is 3.27. The average Bonchev–Trinajstić information content (AvgIpc) is 3.03. The molecule has 0 amide bonds. The second-order valence-corrected chi connectivity index (χ2v) is 13.6. The van der Waals surface area contributed by atoms with Crippen LogP contribution in [0.25, 0.3) is 11.6 Å². The third-order valence-electron chi connectivity index (χ3n) is 4.09. The van der Waals surface area contributed by atoms with Crippen LogP contribution in [0.2, 0.25) is 18.1 Å². The van der Waals surface area contributed by atoms with E-state index in [4.69, 9.17) is 8.83 Å². The molecular weight excluding hydrogens is 381 g/mol. The Balaban J connectivity index is 2.28. The van der Waals surface area contributed by atoms with E-state index in [9.17, 15) is 21.6 Å². The van der Waals surface area contributed by atoms with Crippen LogP contribution in [-0.2, 0) is 10.1 Å². The highest BCUT2D eigenvalue weighted by Gasteiger charge is 2.49. The number of hydrogen-bond acceptors (Lipinski definition) is 7. The molecule has 0 saturated heterocycles. The van der Waals surface area contributed by atoms with Crippen LogP contribution < -0.4 is 9.70 Å². The highest BCUT2D eigenvalue weighted by molar-refractivity contribution is 7.87. The van der Waals surface area contributed by atoms with E-state index in [0.717, 1.165) is 0 Å². The first-order valence-electron chi connectivity index (χ1n) is 7.08. The molecule has 0 radical (unpaired) electrons. The van der Waals surface area contributed by atoms with Gasteiger partial charge in [0.2, 0.25) is 0 Å². The molecular formula is C13H17F3N2O5SSi. The third kappa shape index (κ3) is 3.73. The Morgan fingerprint density at radius 2 is 1.68 bits per heavy atom. The average molecular weight is 398 g/mol. The summed E-state index contributed by atoms with van der Waals surface area (Å²) in [5, 5.41) is -0.0548. The zero-order valence-corrected chi connectivity index (χ0v) is 15.9. The van der Waals surface area contributed by atoms with E-state index >= 15 is 0 Å². The molecule has 25 heavy (non-hydrogen) atoms. The number of halogens is 3. The zero-order valence-electron chi connectivity index (χ0n) is 14.1. The number of nitrogens with zero attached hydrogens (tertiary/aromatic N) is 2. The molecule has 140 valence electrons. The Hall–Kier alpha value is -1.82. The molecule has 0 aliphatic heterocycles. The maximum atomic E-state index is 12.3. The molecule has 0 bridgehead atoms. The van der Waals surface area contributed by atoms with Gasteiger partial charge in [-0.2, -0.15) is 26.6 Å². The lowest BCUT2D eigenvalue weighted by Gasteiger charge is -2.33. The Morgan fingerprint density at radius 1 is 1.08 bits per heavy atom. The topological polar surface area (TPSA) is 95.4 Å². The van der Waals surface area contributed by atoms with Crippen LogP contribution in [0.3, 0.4) is 0 Å². The van der Waals surface area contributed by atoms with Gasteiger partial charge in [0.15, 0.2) is 25.5 Å². The van der Waals surface area contributed by atoms with Crippen molar-refractivity contribution in [2.75, 3.05) is 0 Å². The Morgan fingerprint density at radius 3 is 2.20 bits per heavy atom. The van der Waals surface area contributed by atoms with Crippen molar-refractivity contribution in [3.8, 4) is 17.5 Å². The van der Waals surface area contributed by atoms with Gasteiger partial charge in [0.1, 0.15) is 6.26 Å². The van der Waals surface area contributed by atoms with E-state index in [1.807, 2.05) is 0 Å². The van der Waals surface area contributed by atoms with Gasteiger partial charge in [0, 0.05) is 0 Å². The quantitative estimate of drug-likeness (QED) is 0.443. The van der Waals surface area contributed by atoms with Crippen LogP contribution in [0, 0.1) is 0 Å². The second-order valence-electron chi connectivity index (χ2n) is 6.89. The first-order valence-corrected chi connectivity index (χ1v) is 11.5. The Labute approximate surface area is 143 Å². The van der Waals surface area contributed by atoms with Gasteiger partial charge in [-0.3, -0.25) is 0 Å². The first-order chi connectivity index (χ1) is 11.1. The summed E-state index contributed by atoms with van der Waals surface area (Å²) in [6.07, 6.45) is 1.91. The summed E-state index contributed by atoms with van der Waals surface area (Å²) in [5.41, 5.74) is -4.91. The molecule has 0 aliphatic rings. The monoisotopic (exact) mass is 398 g/mol. The standard InChI is InChI=1S/C13H17F3N2O5SSi/c1-12(2,3)25(4,5)11-17-8(6-22-11)10-18-9(7-21-10)23-24(19,20)13(14,15)16/h6-7H,1-5H3. The van der Waals surface area contributed by atoms with E-state index < -0.39 is 29.6 Å². The Kier molecular flexibility index (Phi) is 4.58. The van der Waals surface area contributed by atoms with Crippen LogP contribution in [0.5, 0.6) is 5.88 Å². The SMILES string of the molecule is CC(C)(C)[Si](C)(C)c1nc(-c2nc(OS(=O)(=O)C(F)(F)F)co2)co1. The van der Waals surface area contributed by atoms with Crippen molar-refractivity contribution in [1.29, 1.82) is 0 Å². The van der Waals surface area contributed by atoms with Crippen LogP contribution in [0.15, 0.2) is 21.4 Å². The van der Waals surface area contributed by atoms with E-state index in [1.54, 1.807) is 0 Å². The van der Waals surface area contributed by atoms with Gasteiger partial charge < -0.3 is 13.0 Å². The highest BCUT2D eigenvalue weighted by atomic mass is 32.2. The number of alkyl halides is 3. The normalized spacial score (nSPS) is 13.9. The third-order valence-corrected chi connectivity index (χ3v) is 10.1. The van der Waals surface area contributed by atoms with Crippen molar-refractivity contribution >= 4 is 23.7 Å². The molecule has 0 spiro atoms. The van der Waals surface area contributed by atoms with E-state index in [0.29, 0.717) is 11.8 Å². The fourth-order valence-electron chi connectivity index (χ4n) is 1.55. The predicted molar refractivity (Wildman–Crippen MR) is 84.4 cm³/mol. The minimum absolute atomic E-state index is 0.0548. The smallest absolute Gasteiger partial charge is 0.453 e. The van der Waals surface area contributed by atoms with Crippen LogP contribution in [0.1, 0.15) is 20.8 Å². The molecule has 0 aromatic carbocycles. The van der Waals surface area contributed by atoms with Crippen LogP contribution in [0.4, 0.5) is 13.2 Å². The zero-order chi connectivity index (χ0) is 19.3. The van der Waals surface area contributed by atoms with E-state index in [-0.39, 0.29) is 16.6 Å². The molecule has 2 aromatic heterocycles. The van der Waals surface area contributed by atoms with Gasteiger partial charge in [-0.1, -0.05) is 33.9 Å². The molecule has 0 atom stereocenters. The van der Waals surface area contributed by atoms with Crippen molar-refractivity contribution in [3.05, 3.63) is 12.5 Å². The molecule has 0 unspecified atom stereocenters. The largest absolute Gasteiger partial charge is 0.534 e. The summed E-state index contributed by atoms with van der Waals surface area (Å²) in [7, 11) is -7.89. The number of oxazole rings is 2. The summed E-state index contributed by atoms with van der Waals surface area (Å²) in [6.45, 7) is 10.3. The van der Waals surface area contributed by atoms with Crippen molar-refractivity contribution in [2.45, 2.75) is 44.4 Å². The minimum Gasteiger partial charge on any atom is -0.453 e. The molecule has 2 aromatic rings. The van der Waals surface area contributed by atoms with Gasteiger partial charge in [-0.25, -0.2) is 4.98 Å². The fraction of sp³-hybridized carbons (Fsp3) is 0.538. The maximum Gasteiger partial charge on any atom is 0.534 e. The summed E-state index contributed by atoms with van der Waals surface area (Å²) in [6, 6.07) is 0. The van der Waals surface area contributed by atoms with Crippen molar-refractivity contribution in [3.63, 3.8) is 0 Å². The molecule has 2 rings (SSSR count). The summed E-state index contributed by atoms with van der Waals surface area (Å²) in [5.74, 6) is -1.05. The van der Waals surface area contributed by atoms with Gasteiger partial charge in [-0.15, -0.1) is 0 Å². The lowest BCUT2D eigenvalue weighted by atomic mass is 10.2. The number of aromatic nitrogens is 2. The maximum absolute atomic E-state index is 12.3. The number of hydrogen-bond donors (Lipinski definition) is 0. The van der Waals surface area contributed by atoms with Gasteiger partial charge >= 0.3 is 15.6 Å². The molecule has 0 fully saturated rings. The summed E-state index contributed by atoms with van der Waals surface area (Å²) in [4.78, 5) is 7.85. The summed E-state index contributed by atoms with van der Waals surface area (Å²) >= 11 is 0. The minimum atomic E-state index is -5.82. The van der Waals surface area contributed by atoms with Crippen molar-refractivity contribution < 1.29 is 34.6 Å². The molecule has 12 heteroatoms. The molecule has 0 saturated carbocycles. The molecule has 0 N–H and O–H groups in total. The molecule has 7 nitrogen and oxygen atoms in total. The number of rotatable bonds is 4. The van der Waals surface area contributed by atoms with Crippen LogP contribution in [-0.4, -0.2) is 32.0 Å². The first kappa shape index (κ1) is 19.5. The molecule has 2 heterocycles. The lowest BCUT2D eigenvalue weighted by molar-refractivity contribution is -0.0501. The van der Waals surface area contributed by atoms with Crippen molar-refractivity contribution in [1.82, 2.24) is 9.97 Å². The van der Waals surface area contributed by atoms with E-state index in [1.165, 1.54) is 6.26 Å². The van der Waals surface area contributed by atoms with Crippen molar-refractivity contribution in [2.24, 2.45) is 0 Å². The van der Waals surface area contributed by atoms with E-state index in [2.05, 4.69) is 48.0 Å². The summed E-state index contributed by atoms with van der Waals surface area (Å²) < 4.78 is 73.1. The van der Waals surface area contributed by atoms with Gasteiger partial charge in [0.05, 0.1) is 0 Å². The second kappa shape index (κ2) is 5.87. The van der Waals surface area contributed by atoms with Crippen LogP contribution >= 0.6 is 0 Å².